The number of carbonyl (C=O) groups excluding carboxylic acids is 2. The van der Waals surface area contributed by atoms with E-state index in [1.807, 2.05) is 4.90 Å². The molecule has 1 heterocycles. The third-order valence-corrected chi connectivity index (χ3v) is 5.30. The molecule has 3 atom stereocenters. The normalized spacial score (nSPS) is 27.8. The zero-order valence-corrected chi connectivity index (χ0v) is 13.9. The summed E-state index contributed by atoms with van der Waals surface area (Å²) in [6, 6.07) is 5.79. The smallest absolute Gasteiger partial charge is 0.225 e. The number of benzene rings is 1. The van der Waals surface area contributed by atoms with Crippen molar-refractivity contribution < 1.29 is 14.0 Å². The van der Waals surface area contributed by atoms with Crippen LogP contribution in [-0.2, 0) is 4.79 Å². The molecule has 2 aliphatic rings. The molecule has 5 heteroatoms. The van der Waals surface area contributed by atoms with Crippen molar-refractivity contribution in [3.8, 4) is 0 Å². The number of hydrogen-bond donors (Lipinski definition) is 1. The van der Waals surface area contributed by atoms with Gasteiger partial charge in [0.1, 0.15) is 5.82 Å². The quantitative estimate of drug-likeness (QED) is 0.866. The third-order valence-electron chi connectivity index (χ3n) is 5.30. The van der Waals surface area contributed by atoms with Gasteiger partial charge in [-0.05, 0) is 56.4 Å². The van der Waals surface area contributed by atoms with Gasteiger partial charge in [-0.25, -0.2) is 4.39 Å². The Morgan fingerprint density at radius 3 is 2.46 bits per heavy atom. The minimum Gasteiger partial charge on any atom is -0.342 e. The summed E-state index contributed by atoms with van der Waals surface area (Å²) in [6.45, 7) is 1.19. The predicted octanol–water partition coefficient (Wildman–Crippen LogP) is 2.76. The maximum absolute atomic E-state index is 13.0. The molecule has 1 saturated heterocycles. The zero-order valence-electron chi connectivity index (χ0n) is 13.9. The van der Waals surface area contributed by atoms with E-state index in [4.69, 9.17) is 5.73 Å². The molecule has 3 rings (SSSR count). The maximum Gasteiger partial charge on any atom is 0.225 e. The largest absolute Gasteiger partial charge is 0.342 e. The molecule has 0 spiro atoms. The zero-order chi connectivity index (χ0) is 17.1. The first-order chi connectivity index (χ1) is 11.5. The summed E-state index contributed by atoms with van der Waals surface area (Å²) in [5, 5.41) is 0. The van der Waals surface area contributed by atoms with Crippen LogP contribution in [0.1, 0.15) is 48.9 Å². The number of carbonyl (C=O) groups is 2. The Hall–Kier alpha value is -1.75. The lowest BCUT2D eigenvalue weighted by Crippen LogP contribution is -2.46. The molecule has 4 nitrogen and oxygen atoms in total. The van der Waals surface area contributed by atoms with Gasteiger partial charge in [0.15, 0.2) is 5.78 Å². The molecule has 0 bridgehead atoms. The molecule has 1 aliphatic carbocycles. The topological polar surface area (TPSA) is 63.4 Å². The van der Waals surface area contributed by atoms with Crippen LogP contribution in [-0.4, -0.2) is 35.7 Å². The molecule has 130 valence electrons. The molecule has 1 aromatic rings. The molecule has 1 aromatic carbocycles. The Labute approximate surface area is 142 Å². The molecule has 1 saturated carbocycles. The van der Waals surface area contributed by atoms with Crippen molar-refractivity contribution in [1.82, 2.24) is 4.90 Å². The summed E-state index contributed by atoms with van der Waals surface area (Å²) < 4.78 is 13.0. The number of piperidine rings is 1. The predicted molar refractivity (Wildman–Crippen MR) is 90.0 cm³/mol. The van der Waals surface area contributed by atoms with Crippen LogP contribution >= 0.6 is 0 Å². The first kappa shape index (κ1) is 17.1. The lowest BCUT2D eigenvalue weighted by Gasteiger charge is -2.36. The number of amides is 1. The van der Waals surface area contributed by atoms with Crippen LogP contribution in [0.5, 0.6) is 0 Å². The van der Waals surface area contributed by atoms with E-state index in [1.165, 1.54) is 24.3 Å². The average molecular weight is 332 g/mol. The van der Waals surface area contributed by atoms with E-state index < -0.39 is 0 Å². The Bertz CT molecular complexity index is 602. The lowest BCUT2D eigenvalue weighted by molar-refractivity contribution is -0.138. The summed E-state index contributed by atoms with van der Waals surface area (Å²) in [4.78, 5) is 27.2. The number of nitrogens with zero attached hydrogens (tertiary/aromatic N) is 1. The molecule has 2 fully saturated rings. The van der Waals surface area contributed by atoms with Gasteiger partial charge in [-0.2, -0.15) is 0 Å². The summed E-state index contributed by atoms with van der Waals surface area (Å²) in [5.74, 6) is -0.367. The molecule has 0 radical (unpaired) electrons. The molecular weight excluding hydrogens is 307 g/mol. The van der Waals surface area contributed by atoms with E-state index in [1.54, 1.807) is 0 Å². The second-order valence-electron chi connectivity index (χ2n) is 7.12. The van der Waals surface area contributed by atoms with Gasteiger partial charge in [0, 0.05) is 36.5 Å². The van der Waals surface area contributed by atoms with Crippen molar-refractivity contribution in [2.24, 2.45) is 17.6 Å². The second-order valence-corrected chi connectivity index (χ2v) is 7.12. The lowest BCUT2D eigenvalue weighted by atomic mass is 9.84. The Balaban J connectivity index is 1.64. The van der Waals surface area contributed by atoms with Gasteiger partial charge < -0.3 is 10.6 Å². The summed E-state index contributed by atoms with van der Waals surface area (Å²) in [5.41, 5.74) is 6.52. The van der Waals surface area contributed by atoms with Gasteiger partial charge >= 0.3 is 0 Å². The number of ketones is 1. The van der Waals surface area contributed by atoms with E-state index in [9.17, 15) is 14.0 Å². The number of likely N-dealkylation sites (tertiary alicyclic amines) is 1. The highest BCUT2D eigenvalue weighted by atomic mass is 19.1. The SMILES string of the molecule is NC1CCCC(C(=O)N2CCCC(C(=O)c3ccc(F)cc3)C2)C1. The van der Waals surface area contributed by atoms with Crippen LogP contribution in [0.25, 0.3) is 0 Å². The minimum absolute atomic E-state index is 0.00726. The first-order valence-corrected chi connectivity index (χ1v) is 8.88. The Morgan fingerprint density at radius 2 is 1.75 bits per heavy atom. The minimum atomic E-state index is -0.347. The third kappa shape index (κ3) is 3.83. The number of hydrogen-bond acceptors (Lipinski definition) is 3. The van der Waals surface area contributed by atoms with Crippen molar-refractivity contribution >= 4 is 11.7 Å². The van der Waals surface area contributed by atoms with E-state index in [0.29, 0.717) is 12.1 Å². The summed E-state index contributed by atoms with van der Waals surface area (Å²) >= 11 is 0. The van der Waals surface area contributed by atoms with Gasteiger partial charge in [-0.15, -0.1) is 0 Å². The second kappa shape index (κ2) is 7.43. The van der Waals surface area contributed by atoms with Crippen LogP contribution in [0.15, 0.2) is 24.3 Å². The van der Waals surface area contributed by atoms with Crippen LogP contribution in [0.3, 0.4) is 0 Å². The highest BCUT2D eigenvalue weighted by Gasteiger charge is 2.33. The molecule has 0 aromatic heterocycles. The van der Waals surface area contributed by atoms with Gasteiger partial charge in [-0.3, -0.25) is 9.59 Å². The highest BCUT2D eigenvalue weighted by Crippen LogP contribution is 2.28. The number of halogens is 1. The Kier molecular flexibility index (Phi) is 5.29. The fourth-order valence-corrected chi connectivity index (χ4v) is 3.95. The molecule has 2 N–H and O–H groups in total. The van der Waals surface area contributed by atoms with Gasteiger partial charge in [-0.1, -0.05) is 6.42 Å². The average Bonchev–Trinajstić information content (AvgIpc) is 2.61. The fraction of sp³-hybridized carbons (Fsp3) is 0.579. The van der Waals surface area contributed by atoms with Crippen LogP contribution in [0, 0.1) is 17.7 Å². The molecule has 24 heavy (non-hydrogen) atoms. The van der Waals surface area contributed by atoms with Crippen molar-refractivity contribution in [3.05, 3.63) is 35.6 Å². The molecule has 1 aliphatic heterocycles. The molecule has 1 amide bonds. The number of rotatable bonds is 3. The van der Waals surface area contributed by atoms with Gasteiger partial charge in [0.2, 0.25) is 5.91 Å². The summed E-state index contributed by atoms with van der Waals surface area (Å²) in [6.07, 6.45) is 5.27. The Morgan fingerprint density at radius 1 is 1.04 bits per heavy atom. The monoisotopic (exact) mass is 332 g/mol. The van der Waals surface area contributed by atoms with Crippen LogP contribution in [0.2, 0.25) is 0 Å². The van der Waals surface area contributed by atoms with E-state index in [0.717, 1.165) is 45.1 Å². The number of Topliss-reactive ketones (excluding diaryl/α,β-unsaturated/α-hetero) is 1. The number of nitrogens with two attached hydrogens (primary N) is 1. The van der Waals surface area contributed by atoms with Gasteiger partial charge in [0.05, 0.1) is 0 Å². The molecule has 3 unspecified atom stereocenters. The van der Waals surface area contributed by atoms with E-state index in [2.05, 4.69) is 0 Å². The van der Waals surface area contributed by atoms with Crippen molar-refractivity contribution in [2.75, 3.05) is 13.1 Å². The molecular formula is C19H25FN2O2. The van der Waals surface area contributed by atoms with E-state index in [-0.39, 0.29) is 35.4 Å². The van der Waals surface area contributed by atoms with Crippen molar-refractivity contribution in [1.29, 1.82) is 0 Å². The highest BCUT2D eigenvalue weighted by molar-refractivity contribution is 5.98. The fourth-order valence-electron chi connectivity index (χ4n) is 3.95. The maximum atomic E-state index is 13.0. The van der Waals surface area contributed by atoms with Crippen molar-refractivity contribution in [3.63, 3.8) is 0 Å². The first-order valence-electron chi connectivity index (χ1n) is 8.88. The summed E-state index contributed by atoms with van der Waals surface area (Å²) in [7, 11) is 0. The van der Waals surface area contributed by atoms with Crippen LogP contribution in [0.4, 0.5) is 4.39 Å². The van der Waals surface area contributed by atoms with Gasteiger partial charge in [0.25, 0.3) is 0 Å². The standard InChI is InChI=1S/C19H25FN2O2/c20-16-8-6-13(7-9-16)18(23)15-4-2-10-22(12-15)19(24)14-3-1-5-17(21)11-14/h6-9,14-15,17H,1-5,10-12,21H2. The van der Waals surface area contributed by atoms with Crippen molar-refractivity contribution in [2.45, 2.75) is 44.6 Å². The van der Waals surface area contributed by atoms with E-state index >= 15 is 0 Å². The van der Waals surface area contributed by atoms with Crippen LogP contribution < -0.4 is 5.73 Å².